The molecule has 2 aromatic carbocycles. The predicted molar refractivity (Wildman–Crippen MR) is 108 cm³/mol. The van der Waals surface area contributed by atoms with Crippen LogP contribution < -0.4 is 15.4 Å². The van der Waals surface area contributed by atoms with Crippen LogP contribution in [-0.4, -0.2) is 30.3 Å². The molecule has 0 aliphatic carbocycles. The molecule has 138 valence electrons. The van der Waals surface area contributed by atoms with Gasteiger partial charge in [-0.25, -0.2) is 4.79 Å². The van der Waals surface area contributed by atoms with Crippen LogP contribution >= 0.6 is 12.2 Å². The van der Waals surface area contributed by atoms with Gasteiger partial charge >= 0.3 is 5.97 Å². The van der Waals surface area contributed by atoms with Crippen molar-refractivity contribution in [3.63, 3.8) is 0 Å². The van der Waals surface area contributed by atoms with E-state index < -0.39 is 0 Å². The molecule has 2 aromatic rings. The van der Waals surface area contributed by atoms with E-state index >= 15 is 0 Å². The zero-order valence-corrected chi connectivity index (χ0v) is 16.1. The van der Waals surface area contributed by atoms with Crippen molar-refractivity contribution in [2.45, 2.75) is 26.8 Å². The highest BCUT2D eigenvalue weighted by Gasteiger charge is 2.13. The summed E-state index contributed by atoms with van der Waals surface area (Å²) in [6.45, 7) is 6.45. The SMILES string of the molecule is CCOC(=O)c1cccc(NC(=S)N[C@H](C)COc2ccccc2)c1C. The molecular formula is C20H24N2O3S. The van der Waals surface area contributed by atoms with Gasteiger partial charge in [0.2, 0.25) is 0 Å². The van der Waals surface area contributed by atoms with Gasteiger partial charge < -0.3 is 20.1 Å². The average Bonchev–Trinajstić information content (AvgIpc) is 2.62. The summed E-state index contributed by atoms with van der Waals surface area (Å²) >= 11 is 5.37. The second-order valence-electron chi connectivity index (χ2n) is 5.82. The summed E-state index contributed by atoms with van der Waals surface area (Å²) in [6, 6.07) is 15.1. The van der Waals surface area contributed by atoms with E-state index in [1.54, 1.807) is 19.1 Å². The fraction of sp³-hybridized carbons (Fsp3) is 0.300. The number of para-hydroxylation sites is 1. The van der Waals surface area contributed by atoms with Crippen LogP contribution in [0.5, 0.6) is 5.75 Å². The number of hydrogen-bond acceptors (Lipinski definition) is 4. The molecule has 0 aliphatic heterocycles. The van der Waals surface area contributed by atoms with E-state index in [1.165, 1.54) is 0 Å². The summed E-state index contributed by atoms with van der Waals surface area (Å²) in [5, 5.41) is 6.78. The number of ether oxygens (including phenoxy) is 2. The minimum atomic E-state index is -0.336. The number of thiocarbonyl (C=S) groups is 1. The van der Waals surface area contributed by atoms with Crippen LogP contribution in [0, 0.1) is 6.92 Å². The number of anilines is 1. The second kappa shape index (κ2) is 9.77. The standard InChI is InChI=1S/C20H24N2O3S/c1-4-24-19(23)17-11-8-12-18(15(17)3)22-20(26)21-14(2)13-25-16-9-6-5-7-10-16/h5-12,14H,4,13H2,1-3H3,(H2,21,22,26)/t14-/m1/s1. The van der Waals surface area contributed by atoms with Gasteiger partial charge in [0, 0.05) is 5.69 Å². The van der Waals surface area contributed by atoms with Gasteiger partial charge in [0.15, 0.2) is 5.11 Å². The lowest BCUT2D eigenvalue weighted by Gasteiger charge is -2.19. The molecule has 0 aliphatic rings. The first-order valence-corrected chi connectivity index (χ1v) is 8.94. The highest BCUT2D eigenvalue weighted by molar-refractivity contribution is 7.80. The molecule has 2 rings (SSSR count). The maximum atomic E-state index is 12.0. The van der Waals surface area contributed by atoms with E-state index in [1.807, 2.05) is 50.2 Å². The van der Waals surface area contributed by atoms with E-state index in [4.69, 9.17) is 21.7 Å². The Morgan fingerprint density at radius 3 is 2.58 bits per heavy atom. The van der Waals surface area contributed by atoms with E-state index in [-0.39, 0.29) is 12.0 Å². The van der Waals surface area contributed by atoms with Crippen LogP contribution in [0.25, 0.3) is 0 Å². The Bertz CT molecular complexity index is 750. The zero-order valence-electron chi connectivity index (χ0n) is 15.2. The summed E-state index contributed by atoms with van der Waals surface area (Å²) < 4.78 is 10.8. The van der Waals surface area contributed by atoms with Crippen molar-refractivity contribution < 1.29 is 14.3 Å². The third-order valence-electron chi connectivity index (χ3n) is 3.70. The third-order valence-corrected chi connectivity index (χ3v) is 3.92. The number of hydrogen-bond donors (Lipinski definition) is 2. The molecular weight excluding hydrogens is 348 g/mol. The van der Waals surface area contributed by atoms with Gasteiger partial charge in [-0.3, -0.25) is 0 Å². The molecule has 1 atom stereocenters. The first kappa shape index (κ1) is 19.7. The number of nitrogens with one attached hydrogen (secondary N) is 2. The summed E-state index contributed by atoms with van der Waals surface area (Å²) in [4.78, 5) is 12.0. The number of carbonyl (C=O) groups excluding carboxylic acids is 1. The van der Waals surface area contributed by atoms with Crippen LogP contribution in [-0.2, 0) is 4.74 Å². The minimum Gasteiger partial charge on any atom is -0.491 e. The molecule has 0 saturated carbocycles. The molecule has 0 amide bonds. The molecule has 0 heterocycles. The van der Waals surface area contributed by atoms with Gasteiger partial charge in [0.05, 0.1) is 18.2 Å². The number of rotatable bonds is 7. The summed E-state index contributed by atoms with van der Waals surface area (Å²) in [6.07, 6.45) is 0. The summed E-state index contributed by atoms with van der Waals surface area (Å²) in [5.74, 6) is 0.482. The fourth-order valence-electron chi connectivity index (χ4n) is 2.36. The van der Waals surface area contributed by atoms with E-state index in [0.29, 0.717) is 23.9 Å². The monoisotopic (exact) mass is 372 g/mol. The van der Waals surface area contributed by atoms with Gasteiger partial charge in [-0.2, -0.15) is 0 Å². The van der Waals surface area contributed by atoms with Crippen LogP contribution in [0.4, 0.5) is 5.69 Å². The van der Waals surface area contributed by atoms with Crippen molar-refractivity contribution >= 4 is 29.0 Å². The highest BCUT2D eigenvalue weighted by Crippen LogP contribution is 2.20. The summed E-state index contributed by atoms with van der Waals surface area (Å²) in [5.41, 5.74) is 2.09. The molecule has 6 heteroatoms. The lowest BCUT2D eigenvalue weighted by atomic mass is 10.1. The van der Waals surface area contributed by atoms with Crippen molar-refractivity contribution in [2.75, 3.05) is 18.5 Å². The molecule has 0 fully saturated rings. The van der Waals surface area contributed by atoms with Gasteiger partial charge in [-0.1, -0.05) is 24.3 Å². The minimum absolute atomic E-state index is 0.0174. The Kier molecular flexibility index (Phi) is 7.41. The number of benzene rings is 2. The molecule has 0 unspecified atom stereocenters. The Morgan fingerprint density at radius 1 is 1.15 bits per heavy atom. The lowest BCUT2D eigenvalue weighted by Crippen LogP contribution is -2.39. The zero-order chi connectivity index (χ0) is 18.9. The van der Waals surface area contributed by atoms with E-state index in [2.05, 4.69) is 10.6 Å². The van der Waals surface area contributed by atoms with Gasteiger partial charge in [-0.05, 0) is 62.8 Å². The first-order valence-electron chi connectivity index (χ1n) is 8.53. The largest absolute Gasteiger partial charge is 0.491 e. The van der Waals surface area contributed by atoms with Crippen LogP contribution in [0.1, 0.15) is 29.8 Å². The average molecular weight is 372 g/mol. The fourth-order valence-corrected chi connectivity index (χ4v) is 2.67. The lowest BCUT2D eigenvalue weighted by molar-refractivity contribution is 0.0525. The Hall–Kier alpha value is -2.60. The smallest absolute Gasteiger partial charge is 0.338 e. The molecule has 5 nitrogen and oxygen atoms in total. The summed E-state index contributed by atoms with van der Waals surface area (Å²) in [7, 11) is 0. The van der Waals surface area contributed by atoms with E-state index in [0.717, 1.165) is 17.0 Å². The molecule has 0 saturated heterocycles. The van der Waals surface area contributed by atoms with Crippen molar-refractivity contribution in [2.24, 2.45) is 0 Å². The molecule has 0 bridgehead atoms. The molecule has 2 N–H and O–H groups in total. The van der Waals surface area contributed by atoms with Crippen LogP contribution in [0.3, 0.4) is 0 Å². The highest BCUT2D eigenvalue weighted by atomic mass is 32.1. The van der Waals surface area contributed by atoms with Crippen LogP contribution in [0.15, 0.2) is 48.5 Å². The number of esters is 1. The quantitative estimate of drug-likeness (QED) is 0.567. The van der Waals surface area contributed by atoms with Crippen molar-refractivity contribution in [3.8, 4) is 5.75 Å². The van der Waals surface area contributed by atoms with Crippen molar-refractivity contribution in [3.05, 3.63) is 59.7 Å². The van der Waals surface area contributed by atoms with E-state index in [9.17, 15) is 4.79 Å². The third kappa shape index (κ3) is 5.74. The van der Waals surface area contributed by atoms with Gasteiger partial charge in [0.25, 0.3) is 0 Å². The number of carbonyl (C=O) groups is 1. The van der Waals surface area contributed by atoms with Crippen molar-refractivity contribution in [1.29, 1.82) is 0 Å². The molecule has 0 aromatic heterocycles. The molecule has 0 radical (unpaired) electrons. The Labute approximate surface area is 159 Å². The topological polar surface area (TPSA) is 59.6 Å². The molecule has 26 heavy (non-hydrogen) atoms. The Balaban J connectivity index is 1.91. The van der Waals surface area contributed by atoms with Gasteiger partial charge in [-0.15, -0.1) is 0 Å². The predicted octanol–water partition coefficient (Wildman–Crippen LogP) is 3.93. The first-order chi connectivity index (χ1) is 12.5. The molecule has 0 spiro atoms. The van der Waals surface area contributed by atoms with Crippen LogP contribution in [0.2, 0.25) is 0 Å². The van der Waals surface area contributed by atoms with Crippen molar-refractivity contribution in [1.82, 2.24) is 5.32 Å². The second-order valence-corrected chi connectivity index (χ2v) is 6.23. The van der Waals surface area contributed by atoms with Gasteiger partial charge in [0.1, 0.15) is 12.4 Å². The maximum absolute atomic E-state index is 12.0. The maximum Gasteiger partial charge on any atom is 0.338 e. The normalized spacial score (nSPS) is 11.3. The Morgan fingerprint density at radius 2 is 1.88 bits per heavy atom.